The number of aryl methyl sites for hydroxylation is 1. The molecule has 1 N–H and O–H groups in total. The number of benzene rings is 1. The molecule has 0 aromatic heterocycles. The molecule has 1 aromatic carbocycles. The second-order valence-electron chi connectivity index (χ2n) is 6.92. The maximum Gasteiger partial charge on any atom is 0.257 e. The number of amides is 1. The summed E-state index contributed by atoms with van der Waals surface area (Å²) in [5.41, 5.74) is 2.25. The van der Waals surface area contributed by atoms with Crippen molar-refractivity contribution < 1.29 is 9.53 Å². The van der Waals surface area contributed by atoms with Crippen LogP contribution in [0.25, 0.3) is 0 Å². The van der Waals surface area contributed by atoms with E-state index in [1.165, 1.54) is 0 Å². The van der Waals surface area contributed by atoms with E-state index in [2.05, 4.69) is 57.0 Å². The summed E-state index contributed by atoms with van der Waals surface area (Å²) in [4.78, 5) is 14.2. The average molecular weight is 320 g/mol. The first kappa shape index (κ1) is 19.5. The maximum absolute atomic E-state index is 12.0. The summed E-state index contributed by atoms with van der Waals surface area (Å²) in [7, 11) is 0. The summed E-state index contributed by atoms with van der Waals surface area (Å²) in [5, 5.41) is 2.92. The Bertz CT molecular complexity index is 503. The van der Waals surface area contributed by atoms with Crippen molar-refractivity contribution in [3.05, 3.63) is 29.3 Å². The normalized spacial score (nSPS) is 11.6. The first-order chi connectivity index (χ1) is 10.8. The van der Waals surface area contributed by atoms with Gasteiger partial charge in [-0.05, 0) is 42.6 Å². The molecule has 1 rings (SSSR count). The molecule has 0 aliphatic rings. The third-order valence-corrected chi connectivity index (χ3v) is 3.95. The first-order valence-corrected chi connectivity index (χ1v) is 8.50. The highest BCUT2D eigenvalue weighted by molar-refractivity contribution is 5.77. The second-order valence-corrected chi connectivity index (χ2v) is 6.92. The molecule has 4 nitrogen and oxygen atoms in total. The Morgan fingerprint density at radius 3 is 2.43 bits per heavy atom. The SMILES string of the molecule is CCN(CC)CCNC(=O)COc1cc(C)ccc1C(C)(C)C. The zero-order valence-electron chi connectivity index (χ0n) is 15.5. The van der Waals surface area contributed by atoms with Crippen LogP contribution in [0.4, 0.5) is 0 Å². The summed E-state index contributed by atoms with van der Waals surface area (Å²) in [5.74, 6) is 0.731. The number of rotatable bonds is 8. The number of carbonyl (C=O) groups is 1. The van der Waals surface area contributed by atoms with Gasteiger partial charge in [-0.25, -0.2) is 0 Å². The van der Waals surface area contributed by atoms with Crippen LogP contribution < -0.4 is 10.1 Å². The number of nitrogens with zero attached hydrogens (tertiary/aromatic N) is 1. The van der Waals surface area contributed by atoms with E-state index in [1.54, 1.807) is 0 Å². The molecule has 1 amide bonds. The monoisotopic (exact) mass is 320 g/mol. The van der Waals surface area contributed by atoms with Gasteiger partial charge in [-0.1, -0.05) is 46.8 Å². The van der Waals surface area contributed by atoms with E-state index in [0.29, 0.717) is 6.54 Å². The molecule has 4 heteroatoms. The van der Waals surface area contributed by atoms with Crippen LogP contribution >= 0.6 is 0 Å². The Kier molecular flexibility index (Phi) is 7.56. The summed E-state index contributed by atoms with van der Waals surface area (Å²) in [6.45, 7) is 16.3. The minimum atomic E-state index is -0.0708. The van der Waals surface area contributed by atoms with Crippen molar-refractivity contribution in [2.24, 2.45) is 0 Å². The van der Waals surface area contributed by atoms with Gasteiger partial charge < -0.3 is 15.0 Å². The molecular formula is C19H32N2O2. The van der Waals surface area contributed by atoms with Gasteiger partial charge in [0, 0.05) is 13.1 Å². The summed E-state index contributed by atoms with van der Waals surface area (Å²) in [6, 6.07) is 6.17. The van der Waals surface area contributed by atoms with E-state index in [4.69, 9.17) is 4.74 Å². The predicted octanol–water partition coefficient (Wildman–Crippen LogP) is 3.13. The standard InChI is InChI=1S/C19H32N2O2/c1-7-21(8-2)12-11-20-18(22)14-23-17-13-15(3)9-10-16(17)19(4,5)6/h9-10,13H,7-8,11-12,14H2,1-6H3,(H,20,22). The van der Waals surface area contributed by atoms with Crippen molar-refractivity contribution >= 4 is 5.91 Å². The van der Waals surface area contributed by atoms with Gasteiger partial charge in [0.15, 0.2) is 6.61 Å². The lowest BCUT2D eigenvalue weighted by molar-refractivity contribution is -0.123. The topological polar surface area (TPSA) is 41.6 Å². The number of hydrogen-bond acceptors (Lipinski definition) is 3. The van der Waals surface area contributed by atoms with Crippen LogP contribution in [-0.2, 0) is 10.2 Å². The molecule has 0 spiro atoms. The number of hydrogen-bond donors (Lipinski definition) is 1. The van der Waals surface area contributed by atoms with Gasteiger partial charge in [0.1, 0.15) is 5.75 Å². The Balaban J connectivity index is 2.54. The van der Waals surface area contributed by atoms with Crippen LogP contribution in [0.1, 0.15) is 45.7 Å². The Labute approximate surface area is 141 Å². The number of ether oxygens (including phenoxy) is 1. The number of nitrogens with one attached hydrogen (secondary N) is 1. The van der Waals surface area contributed by atoms with Crippen molar-refractivity contribution in [3.8, 4) is 5.75 Å². The lowest BCUT2D eigenvalue weighted by Crippen LogP contribution is -2.37. The molecule has 0 radical (unpaired) electrons. The molecule has 0 heterocycles. The molecule has 0 aliphatic carbocycles. The van der Waals surface area contributed by atoms with Crippen molar-refractivity contribution in [2.75, 3.05) is 32.8 Å². The minimum Gasteiger partial charge on any atom is -0.483 e. The Morgan fingerprint density at radius 2 is 1.87 bits per heavy atom. The van der Waals surface area contributed by atoms with Crippen LogP contribution in [-0.4, -0.2) is 43.6 Å². The smallest absolute Gasteiger partial charge is 0.257 e. The third kappa shape index (κ3) is 6.61. The summed E-state index contributed by atoms with van der Waals surface area (Å²) in [6.07, 6.45) is 0. The van der Waals surface area contributed by atoms with Gasteiger partial charge in [0.25, 0.3) is 5.91 Å². The number of carbonyl (C=O) groups excluding carboxylic acids is 1. The van der Waals surface area contributed by atoms with Crippen molar-refractivity contribution in [1.29, 1.82) is 0 Å². The maximum atomic E-state index is 12.0. The molecule has 0 bridgehead atoms. The van der Waals surface area contributed by atoms with Gasteiger partial charge in [-0.15, -0.1) is 0 Å². The zero-order valence-corrected chi connectivity index (χ0v) is 15.5. The number of likely N-dealkylation sites (N-methyl/N-ethyl adjacent to an activating group) is 1. The molecule has 0 unspecified atom stereocenters. The van der Waals surface area contributed by atoms with Gasteiger partial charge in [0.2, 0.25) is 0 Å². The molecule has 0 fully saturated rings. The van der Waals surface area contributed by atoms with Gasteiger partial charge in [-0.2, -0.15) is 0 Å². The lowest BCUT2D eigenvalue weighted by atomic mass is 9.86. The molecule has 0 saturated heterocycles. The van der Waals surface area contributed by atoms with E-state index < -0.39 is 0 Å². The van der Waals surface area contributed by atoms with Crippen LogP contribution in [0.3, 0.4) is 0 Å². The minimum absolute atomic E-state index is 0.0116. The van der Waals surface area contributed by atoms with Crippen LogP contribution in [0.15, 0.2) is 18.2 Å². The van der Waals surface area contributed by atoms with Crippen LogP contribution in [0, 0.1) is 6.92 Å². The zero-order chi connectivity index (χ0) is 17.5. The predicted molar refractivity (Wildman–Crippen MR) is 96.2 cm³/mol. The fourth-order valence-corrected chi connectivity index (χ4v) is 2.46. The van der Waals surface area contributed by atoms with Gasteiger partial charge in [-0.3, -0.25) is 4.79 Å². The van der Waals surface area contributed by atoms with Crippen molar-refractivity contribution in [3.63, 3.8) is 0 Å². The van der Waals surface area contributed by atoms with E-state index >= 15 is 0 Å². The highest BCUT2D eigenvalue weighted by Gasteiger charge is 2.19. The van der Waals surface area contributed by atoms with Crippen LogP contribution in [0.2, 0.25) is 0 Å². The lowest BCUT2D eigenvalue weighted by Gasteiger charge is -2.23. The highest BCUT2D eigenvalue weighted by atomic mass is 16.5. The van der Waals surface area contributed by atoms with E-state index in [1.807, 2.05) is 13.0 Å². The summed E-state index contributed by atoms with van der Waals surface area (Å²) >= 11 is 0. The fraction of sp³-hybridized carbons (Fsp3) is 0.632. The quantitative estimate of drug-likeness (QED) is 0.800. The molecule has 1 aromatic rings. The summed E-state index contributed by atoms with van der Waals surface area (Å²) < 4.78 is 5.79. The molecule has 23 heavy (non-hydrogen) atoms. The molecule has 0 saturated carbocycles. The van der Waals surface area contributed by atoms with Gasteiger partial charge in [0.05, 0.1) is 0 Å². The first-order valence-electron chi connectivity index (χ1n) is 8.50. The second kappa shape index (κ2) is 8.92. The average Bonchev–Trinajstić information content (AvgIpc) is 2.48. The third-order valence-electron chi connectivity index (χ3n) is 3.95. The van der Waals surface area contributed by atoms with Crippen molar-refractivity contribution in [1.82, 2.24) is 10.2 Å². The Morgan fingerprint density at radius 1 is 1.22 bits per heavy atom. The van der Waals surface area contributed by atoms with E-state index in [0.717, 1.165) is 36.5 Å². The largest absolute Gasteiger partial charge is 0.483 e. The van der Waals surface area contributed by atoms with Crippen molar-refractivity contribution in [2.45, 2.75) is 47.0 Å². The molecule has 0 aliphatic heterocycles. The molecule has 0 atom stereocenters. The highest BCUT2D eigenvalue weighted by Crippen LogP contribution is 2.31. The van der Waals surface area contributed by atoms with Crippen LogP contribution in [0.5, 0.6) is 5.75 Å². The Hall–Kier alpha value is -1.55. The van der Waals surface area contributed by atoms with E-state index in [9.17, 15) is 4.79 Å². The van der Waals surface area contributed by atoms with E-state index in [-0.39, 0.29) is 17.9 Å². The van der Waals surface area contributed by atoms with Gasteiger partial charge >= 0.3 is 0 Å². The molecular weight excluding hydrogens is 288 g/mol. The molecule has 130 valence electrons. The fourth-order valence-electron chi connectivity index (χ4n) is 2.46.